The molecule has 0 saturated heterocycles. The molecule has 3 N–H and O–H groups in total. The molecular weight excluding hydrogens is 294 g/mol. The summed E-state index contributed by atoms with van der Waals surface area (Å²) in [6.07, 6.45) is 16.1. The minimum Gasteiger partial charge on any atom is -0.396 e. The van der Waals surface area contributed by atoms with Crippen molar-refractivity contribution in [2.24, 2.45) is 0 Å². The SMILES string of the molecule is OCCCCCCCCCONOCCCCCCCCCO. The number of hydrogen-bond donors (Lipinski definition) is 3. The molecular formula is C18H39NO4. The van der Waals surface area contributed by atoms with Gasteiger partial charge >= 0.3 is 0 Å². The molecule has 5 nitrogen and oxygen atoms in total. The van der Waals surface area contributed by atoms with Gasteiger partial charge in [0.05, 0.1) is 13.2 Å². The third kappa shape index (κ3) is 21.8. The summed E-state index contributed by atoms with van der Waals surface area (Å²) in [4.78, 5) is 10.4. The van der Waals surface area contributed by atoms with Crippen molar-refractivity contribution in [2.45, 2.75) is 89.9 Å². The summed E-state index contributed by atoms with van der Waals surface area (Å²) < 4.78 is 0. The van der Waals surface area contributed by atoms with Crippen LogP contribution in [0, 0.1) is 0 Å². The summed E-state index contributed by atoms with van der Waals surface area (Å²) >= 11 is 0. The van der Waals surface area contributed by atoms with Gasteiger partial charge in [0.25, 0.3) is 0 Å². The molecule has 0 aromatic rings. The van der Waals surface area contributed by atoms with Crippen LogP contribution in [0.15, 0.2) is 0 Å². The minimum atomic E-state index is 0.324. The zero-order chi connectivity index (χ0) is 16.8. The number of aliphatic hydroxyl groups is 2. The Morgan fingerprint density at radius 3 is 1.09 bits per heavy atom. The molecule has 0 aliphatic heterocycles. The van der Waals surface area contributed by atoms with E-state index in [1.165, 1.54) is 51.4 Å². The molecule has 0 aliphatic rings. The summed E-state index contributed by atoms with van der Waals surface area (Å²) in [5.41, 5.74) is 2.57. The van der Waals surface area contributed by atoms with Gasteiger partial charge in [0.2, 0.25) is 0 Å². The molecule has 0 fully saturated rings. The summed E-state index contributed by atoms with van der Waals surface area (Å²) in [5, 5.41) is 17.3. The van der Waals surface area contributed by atoms with Gasteiger partial charge in [0.15, 0.2) is 0 Å². The van der Waals surface area contributed by atoms with Crippen LogP contribution >= 0.6 is 0 Å². The molecule has 0 radical (unpaired) electrons. The Bertz CT molecular complexity index is 185. The van der Waals surface area contributed by atoms with Crippen molar-refractivity contribution < 1.29 is 19.9 Å². The monoisotopic (exact) mass is 333 g/mol. The number of nitrogens with one attached hydrogen (secondary N) is 1. The standard InChI is InChI=1S/C18H39NO4/c20-15-11-7-3-1-5-9-13-17-22-19-23-18-14-10-6-2-4-8-12-16-21/h19-21H,1-18H2. The number of hydrogen-bond acceptors (Lipinski definition) is 5. The van der Waals surface area contributed by atoms with E-state index in [0.29, 0.717) is 26.4 Å². The smallest absolute Gasteiger partial charge is 0.0709 e. The summed E-state index contributed by atoms with van der Waals surface area (Å²) in [7, 11) is 0. The van der Waals surface area contributed by atoms with E-state index in [0.717, 1.165) is 38.5 Å². The molecule has 5 heteroatoms. The van der Waals surface area contributed by atoms with Crippen molar-refractivity contribution >= 4 is 0 Å². The Morgan fingerprint density at radius 1 is 0.435 bits per heavy atom. The van der Waals surface area contributed by atoms with Crippen molar-refractivity contribution in [1.29, 1.82) is 0 Å². The fourth-order valence-corrected chi connectivity index (χ4v) is 2.46. The second-order valence-corrected chi connectivity index (χ2v) is 6.18. The fourth-order valence-electron chi connectivity index (χ4n) is 2.46. The molecule has 0 spiro atoms. The molecule has 140 valence electrons. The van der Waals surface area contributed by atoms with E-state index < -0.39 is 0 Å². The largest absolute Gasteiger partial charge is 0.396 e. The number of aliphatic hydroxyl groups excluding tert-OH is 2. The van der Waals surface area contributed by atoms with Gasteiger partial charge in [0.1, 0.15) is 0 Å². The second kappa shape index (κ2) is 21.8. The Hall–Kier alpha value is -0.200. The van der Waals surface area contributed by atoms with Crippen molar-refractivity contribution in [1.82, 2.24) is 5.64 Å². The first kappa shape index (κ1) is 22.8. The molecule has 23 heavy (non-hydrogen) atoms. The van der Waals surface area contributed by atoms with Gasteiger partial charge in [-0.1, -0.05) is 69.9 Å². The second-order valence-electron chi connectivity index (χ2n) is 6.18. The lowest BCUT2D eigenvalue weighted by atomic mass is 10.1. The molecule has 0 heterocycles. The molecule has 0 bridgehead atoms. The highest BCUT2D eigenvalue weighted by atomic mass is 16.9. The van der Waals surface area contributed by atoms with Crippen LogP contribution in [-0.2, 0) is 9.68 Å². The molecule has 0 aromatic heterocycles. The van der Waals surface area contributed by atoms with Crippen LogP contribution in [0.1, 0.15) is 89.9 Å². The third-order valence-electron chi connectivity index (χ3n) is 3.93. The highest BCUT2D eigenvalue weighted by Crippen LogP contribution is 2.07. The maximum atomic E-state index is 8.67. The Kier molecular flexibility index (Phi) is 21.6. The zero-order valence-electron chi connectivity index (χ0n) is 14.9. The van der Waals surface area contributed by atoms with E-state index in [1.807, 2.05) is 0 Å². The molecule has 0 saturated carbocycles. The van der Waals surface area contributed by atoms with Gasteiger partial charge < -0.3 is 10.2 Å². The van der Waals surface area contributed by atoms with E-state index in [9.17, 15) is 0 Å². The Labute approximate surface area is 142 Å². The zero-order valence-corrected chi connectivity index (χ0v) is 14.9. The van der Waals surface area contributed by atoms with E-state index in [1.54, 1.807) is 0 Å². The van der Waals surface area contributed by atoms with Crippen molar-refractivity contribution in [3.05, 3.63) is 0 Å². The summed E-state index contributed by atoms with van der Waals surface area (Å²) in [6.45, 7) is 2.04. The molecule has 0 aromatic carbocycles. The maximum absolute atomic E-state index is 8.67. The first-order valence-corrected chi connectivity index (χ1v) is 9.62. The maximum Gasteiger partial charge on any atom is 0.0709 e. The quantitative estimate of drug-likeness (QED) is 0.233. The molecule has 0 unspecified atom stereocenters. The van der Waals surface area contributed by atoms with Crippen LogP contribution in [0.3, 0.4) is 0 Å². The number of unbranched alkanes of at least 4 members (excludes halogenated alkanes) is 12. The highest BCUT2D eigenvalue weighted by molar-refractivity contribution is 4.46. The third-order valence-corrected chi connectivity index (χ3v) is 3.93. The average Bonchev–Trinajstić information content (AvgIpc) is 2.57. The van der Waals surface area contributed by atoms with Crippen LogP contribution in [0.5, 0.6) is 0 Å². The van der Waals surface area contributed by atoms with Crippen molar-refractivity contribution in [2.75, 3.05) is 26.4 Å². The Morgan fingerprint density at radius 2 is 0.739 bits per heavy atom. The summed E-state index contributed by atoms with van der Waals surface area (Å²) in [5.74, 6) is 0. The van der Waals surface area contributed by atoms with Crippen LogP contribution in [0.25, 0.3) is 0 Å². The van der Waals surface area contributed by atoms with Gasteiger partial charge in [-0.2, -0.15) is 0 Å². The van der Waals surface area contributed by atoms with E-state index in [2.05, 4.69) is 5.64 Å². The molecule has 0 atom stereocenters. The minimum absolute atomic E-state index is 0.324. The van der Waals surface area contributed by atoms with E-state index in [-0.39, 0.29) is 0 Å². The van der Waals surface area contributed by atoms with Gasteiger partial charge in [-0.15, -0.1) is 0 Å². The predicted molar refractivity (Wildman–Crippen MR) is 93.8 cm³/mol. The van der Waals surface area contributed by atoms with Crippen LogP contribution in [0.2, 0.25) is 0 Å². The van der Waals surface area contributed by atoms with Gasteiger partial charge in [-0.25, -0.2) is 0 Å². The van der Waals surface area contributed by atoms with Crippen LogP contribution in [0.4, 0.5) is 0 Å². The van der Waals surface area contributed by atoms with Crippen molar-refractivity contribution in [3.8, 4) is 0 Å². The van der Waals surface area contributed by atoms with Crippen LogP contribution < -0.4 is 5.64 Å². The summed E-state index contributed by atoms with van der Waals surface area (Å²) in [6, 6.07) is 0. The van der Waals surface area contributed by atoms with Gasteiger partial charge in [-0.3, -0.25) is 9.68 Å². The first-order chi connectivity index (χ1) is 11.4. The molecule has 0 rings (SSSR count). The normalized spacial score (nSPS) is 11.2. The highest BCUT2D eigenvalue weighted by Gasteiger charge is 1.94. The van der Waals surface area contributed by atoms with Gasteiger partial charge in [-0.05, 0) is 25.7 Å². The topological polar surface area (TPSA) is 71.0 Å². The van der Waals surface area contributed by atoms with Crippen LogP contribution in [-0.4, -0.2) is 36.6 Å². The lowest BCUT2D eigenvalue weighted by Crippen LogP contribution is -2.16. The molecule has 0 aliphatic carbocycles. The van der Waals surface area contributed by atoms with E-state index >= 15 is 0 Å². The predicted octanol–water partition coefficient (Wildman–Crippen LogP) is 3.89. The molecule has 0 amide bonds. The van der Waals surface area contributed by atoms with E-state index in [4.69, 9.17) is 19.9 Å². The van der Waals surface area contributed by atoms with Gasteiger partial charge in [0, 0.05) is 13.2 Å². The lowest BCUT2D eigenvalue weighted by Gasteiger charge is -2.06. The average molecular weight is 334 g/mol. The fraction of sp³-hybridized carbons (Fsp3) is 1.00. The van der Waals surface area contributed by atoms with Crippen molar-refractivity contribution in [3.63, 3.8) is 0 Å². The Balaban J connectivity index is 2.92. The number of rotatable bonds is 20. The lowest BCUT2D eigenvalue weighted by molar-refractivity contribution is -0.171. The first-order valence-electron chi connectivity index (χ1n) is 9.62.